The Morgan fingerprint density at radius 2 is 1.69 bits per heavy atom. The van der Waals surface area contributed by atoms with Gasteiger partial charge in [-0.25, -0.2) is 8.42 Å². The summed E-state index contributed by atoms with van der Waals surface area (Å²) in [5, 5.41) is 1.01. The molecule has 0 bridgehead atoms. The summed E-state index contributed by atoms with van der Waals surface area (Å²) in [5.41, 5.74) is 1.41. The van der Waals surface area contributed by atoms with Gasteiger partial charge in [0.2, 0.25) is 15.9 Å². The normalized spacial score (nSPS) is 18.8. The van der Waals surface area contributed by atoms with E-state index in [-0.39, 0.29) is 35.9 Å². The van der Waals surface area contributed by atoms with Crippen LogP contribution in [0.5, 0.6) is 5.75 Å². The van der Waals surface area contributed by atoms with Crippen LogP contribution in [0.4, 0.5) is 0 Å². The lowest BCUT2D eigenvalue weighted by atomic mass is 10.1. The predicted octanol–water partition coefficient (Wildman–Crippen LogP) is 3.46. The van der Waals surface area contributed by atoms with Crippen molar-refractivity contribution in [3.8, 4) is 5.75 Å². The van der Waals surface area contributed by atoms with E-state index >= 15 is 0 Å². The van der Waals surface area contributed by atoms with Crippen LogP contribution in [0, 0.1) is 0 Å². The molecule has 0 radical (unpaired) electrons. The average Bonchev–Trinajstić information content (AvgIpc) is 2.75. The number of carbonyl (C=O) groups excluding carboxylic acids is 2. The highest BCUT2D eigenvalue weighted by atomic mass is 35.5. The zero-order valence-electron chi connectivity index (χ0n) is 19.8. The molecule has 8 nitrogen and oxygen atoms in total. The lowest BCUT2D eigenvalue weighted by Crippen LogP contribution is -2.58. The van der Waals surface area contributed by atoms with Crippen molar-refractivity contribution in [3.63, 3.8) is 0 Å². The summed E-state index contributed by atoms with van der Waals surface area (Å²) >= 11 is 12.0. The van der Waals surface area contributed by atoms with Gasteiger partial charge in [-0.3, -0.25) is 19.2 Å². The van der Waals surface area contributed by atoms with Crippen LogP contribution in [0.25, 0.3) is 0 Å². The Balaban J connectivity index is 1.62. The smallest absolute Gasteiger partial charge is 0.260 e. The lowest BCUT2D eigenvalue weighted by Gasteiger charge is -2.44. The van der Waals surface area contributed by atoms with Crippen LogP contribution in [0.1, 0.15) is 31.9 Å². The van der Waals surface area contributed by atoms with Gasteiger partial charge in [-0.15, -0.1) is 0 Å². The summed E-state index contributed by atoms with van der Waals surface area (Å²) in [4.78, 5) is 28.3. The predicted molar refractivity (Wildman–Crippen MR) is 136 cm³/mol. The van der Waals surface area contributed by atoms with Crippen LogP contribution in [-0.4, -0.2) is 61.8 Å². The van der Waals surface area contributed by atoms with Crippen molar-refractivity contribution in [2.75, 3.05) is 19.7 Å². The number of benzene rings is 2. The third kappa shape index (κ3) is 7.83. The number of sulfonamides is 1. The number of nitrogens with one attached hydrogen (secondary N) is 1. The van der Waals surface area contributed by atoms with E-state index < -0.39 is 21.7 Å². The molecule has 1 fully saturated rings. The number of nitrogens with zero attached hydrogens (tertiary/aromatic N) is 2. The van der Waals surface area contributed by atoms with E-state index in [1.54, 1.807) is 11.0 Å². The fourth-order valence-corrected chi connectivity index (χ4v) is 5.54. The number of halogens is 2. The summed E-state index contributed by atoms with van der Waals surface area (Å²) in [6.07, 6.45) is 0. The van der Waals surface area contributed by atoms with E-state index in [0.29, 0.717) is 23.1 Å². The number of piperazine rings is 1. The van der Waals surface area contributed by atoms with Gasteiger partial charge in [0.05, 0.1) is 5.75 Å². The van der Waals surface area contributed by atoms with E-state index in [1.807, 2.05) is 35.9 Å². The first-order valence-electron chi connectivity index (χ1n) is 11.1. The highest BCUT2D eigenvalue weighted by Gasteiger charge is 2.32. The number of rotatable bonds is 8. The molecule has 3 rings (SSSR count). The molecule has 0 aromatic heterocycles. The molecule has 1 aliphatic heterocycles. The molecule has 0 spiro atoms. The molecule has 2 amide bonds. The Kier molecular flexibility index (Phi) is 9.04. The van der Waals surface area contributed by atoms with E-state index in [4.69, 9.17) is 27.9 Å². The van der Waals surface area contributed by atoms with E-state index in [1.165, 1.54) is 12.1 Å². The largest absolute Gasteiger partial charge is 0.483 e. The third-order valence-corrected chi connectivity index (χ3v) is 7.53. The van der Waals surface area contributed by atoms with E-state index in [2.05, 4.69) is 11.8 Å². The SMILES string of the molecule is CC(=O)NS(=O)(=O)Cc1cc(Cl)ccc1OCC(=O)N1C[C@H](C)N(Cc2ccc(Cl)cc2)C[C@H]1C. The average molecular weight is 542 g/mol. The standard InChI is InChI=1S/C24H29Cl2N3O5S/c1-16-12-29(17(2)11-28(16)13-19-4-6-21(25)7-5-19)24(31)14-34-23-9-8-22(26)10-20(23)15-35(32,33)27-18(3)30/h4-10,16-17H,11-15H2,1-3H3,(H,27,30)/t16-,17+/m0/s1. The van der Waals surface area contributed by atoms with Crippen LogP contribution < -0.4 is 9.46 Å². The van der Waals surface area contributed by atoms with Gasteiger partial charge in [0.15, 0.2) is 6.61 Å². The highest BCUT2D eigenvalue weighted by Crippen LogP contribution is 2.25. The Labute approximate surface area is 216 Å². The second-order valence-electron chi connectivity index (χ2n) is 8.76. The number of ether oxygens (including phenoxy) is 1. The van der Waals surface area contributed by atoms with Gasteiger partial charge in [-0.1, -0.05) is 35.3 Å². The van der Waals surface area contributed by atoms with E-state index in [0.717, 1.165) is 19.0 Å². The molecular weight excluding hydrogens is 513 g/mol. The summed E-state index contributed by atoms with van der Waals surface area (Å²) in [6, 6.07) is 12.4. The topological polar surface area (TPSA) is 96.0 Å². The molecular formula is C24H29Cl2N3O5S. The zero-order valence-corrected chi connectivity index (χ0v) is 22.2. The van der Waals surface area contributed by atoms with Crippen LogP contribution in [0.3, 0.4) is 0 Å². The molecule has 0 saturated carbocycles. The molecule has 35 heavy (non-hydrogen) atoms. The van der Waals surface area contributed by atoms with Gasteiger partial charge in [-0.05, 0) is 49.7 Å². The fraction of sp³-hybridized carbons (Fsp3) is 0.417. The minimum absolute atomic E-state index is 0.0283. The van der Waals surface area contributed by atoms with Gasteiger partial charge in [-0.2, -0.15) is 0 Å². The maximum Gasteiger partial charge on any atom is 0.260 e. The summed E-state index contributed by atoms with van der Waals surface area (Å²) < 4.78 is 32.0. The number of amides is 2. The maximum absolute atomic E-state index is 13.0. The first kappa shape index (κ1) is 27.3. The first-order chi connectivity index (χ1) is 16.4. The second-order valence-corrected chi connectivity index (χ2v) is 11.4. The van der Waals surface area contributed by atoms with Gasteiger partial charge in [0, 0.05) is 54.3 Å². The molecule has 1 saturated heterocycles. The molecule has 2 aromatic carbocycles. The van der Waals surface area contributed by atoms with Gasteiger partial charge >= 0.3 is 0 Å². The Bertz CT molecular complexity index is 1170. The monoisotopic (exact) mass is 541 g/mol. The van der Waals surface area contributed by atoms with E-state index in [9.17, 15) is 18.0 Å². The van der Waals surface area contributed by atoms with Crippen LogP contribution >= 0.6 is 23.2 Å². The molecule has 11 heteroatoms. The number of carbonyl (C=O) groups is 2. The second kappa shape index (κ2) is 11.6. The lowest BCUT2D eigenvalue weighted by molar-refractivity contribution is -0.139. The van der Waals surface area contributed by atoms with Gasteiger partial charge in [0.1, 0.15) is 5.75 Å². The van der Waals surface area contributed by atoms with Gasteiger partial charge < -0.3 is 9.64 Å². The molecule has 1 heterocycles. The molecule has 0 aliphatic carbocycles. The van der Waals surface area contributed by atoms with Crippen molar-refractivity contribution in [1.82, 2.24) is 14.5 Å². The highest BCUT2D eigenvalue weighted by molar-refractivity contribution is 7.89. The Morgan fingerprint density at radius 3 is 2.34 bits per heavy atom. The molecule has 1 N–H and O–H groups in total. The summed E-state index contributed by atoms with van der Waals surface area (Å²) in [5.74, 6) is -1.17. The number of hydrogen-bond acceptors (Lipinski definition) is 6. The van der Waals surface area contributed by atoms with Crippen LogP contribution in [0.2, 0.25) is 10.0 Å². The van der Waals surface area contributed by atoms with Crippen LogP contribution in [-0.2, 0) is 31.9 Å². The maximum atomic E-state index is 13.0. The third-order valence-electron chi connectivity index (χ3n) is 5.75. The van der Waals surface area contributed by atoms with Crippen molar-refractivity contribution in [2.24, 2.45) is 0 Å². The summed E-state index contributed by atoms with van der Waals surface area (Å²) in [7, 11) is -3.93. The molecule has 2 atom stereocenters. The summed E-state index contributed by atoms with van der Waals surface area (Å²) in [6.45, 7) is 6.95. The molecule has 190 valence electrons. The van der Waals surface area contributed by atoms with Crippen molar-refractivity contribution in [3.05, 3.63) is 63.6 Å². The Morgan fingerprint density at radius 1 is 1.03 bits per heavy atom. The quantitative estimate of drug-likeness (QED) is 0.549. The van der Waals surface area contributed by atoms with Crippen molar-refractivity contribution >= 4 is 45.0 Å². The van der Waals surface area contributed by atoms with Crippen molar-refractivity contribution in [1.29, 1.82) is 0 Å². The van der Waals surface area contributed by atoms with Crippen molar-refractivity contribution < 1.29 is 22.7 Å². The molecule has 2 aromatic rings. The molecule has 1 aliphatic rings. The Hall–Kier alpha value is -2.33. The van der Waals surface area contributed by atoms with Gasteiger partial charge in [0.25, 0.3) is 5.91 Å². The first-order valence-corrected chi connectivity index (χ1v) is 13.5. The van der Waals surface area contributed by atoms with Crippen molar-refractivity contribution in [2.45, 2.75) is 45.2 Å². The number of hydrogen-bond donors (Lipinski definition) is 1. The fourth-order valence-electron chi connectivity index (χ4n) is 4.07. The molecule has 0 unspecified atom stereocenters. The van der Waals surface area contributed by atoms with Crippen LogP contribution in [0.15, 0.2) is 42.5 Å². The zero-order chi connectivity index (χ0) is 25.8. The minimum Gasteiger partial charge on any atom is -0.483 e. The minimum atomic E-state index is -3.93.